The van der Waals surface area contributed by atoms with E-state index in [0.717, 1.165) is 30.8 Å². The Morgan fingerprint density at radius 1 is 1.25 bits per heavy atom. The van der Waals surface area contributed by atoms with Crippen molar-refractivity contribution in [3.8, 4) is 0 Å². The number of amides is 1. The predicted octanol–water partition coefficient (Wildman–Crippen LogP) is 2.20. The number of fused-ring (bicyclic) bond motifs is 1. The molecule has 2 aliphatic rings. The summed E-state index contributed by atoms with van der Waals surface area (Å²) in [6, 6.07) is 9.23. The standard InChI is InChI=1S/C19H26N4O/c1-23(12-15-10-18(22-21-15)13-6-7-13)19(24)9-8-14-11-20-17-5-3-2-4-16(14)17/h2-5,11,13,15,18,20-22H,6-10,12H2,1H3. The van der Waals surface area contributed by atoms with Crippen LogP contribution in [0.15, 0.2) is 30.5 Å². The molecule has 2 atom stereocenters. The molecule has 128 valence electrons. The van der Waals surface area contributed by atoms with Gasteiger partial charge in [0.2, 0.25) is 5.91 Å². The van der Waals surface area contributed by atoms with Gasteiger partial charge in [-0.25, -0.2) is 0 Å². The molecule has 1 aliphatic heterocycles. The summed E-state index contributed by atoms with van der Waals surface area (Å²) in [7, 11) is 1.92. The first-order valence-corrected chi connectivity index (χ1v) is 9.00. The number of carbonyl (C=O) groups is 1. The van der Waals surface area contributed by atoms with Crippen molar-refractivity contribution >= 4 is 16.8 Å². The SMILES string of the molecule is CN(CC1CC(C2CC2)NN1)C(=O)CCc1c[nH]c2ccccc12. The van der Waals surface area contributed by atoms with Crippen molar-refractivity contribution in [2.45, 2.75) is 44.2 Å². The molecule has 5 nitrogen and oxygen atoms in total. The monoisotopic (exact) mass is 326 g/mol. The lowest BCUT2D eigenvalue weighted by atomic mass is 10.1. The van der Waals surface area contributed by atoms with Crippen molar-refractivity contribution in [1.82, 2.24) is 20.7 Å². The number of benzene rings is 1. The van der Waals surface area contributed by atoms with Crippen LogP contribution in [0.25, 0.3) is 10.9 Å². The van der Waals surface area contributed by atoms with E-state index >= 15 is 0 Å². The zero-order valence-corrected chi connectivity index (χ0v) is 14.2. The lowest BCUT2D eigenvalue weighted by Crippen LogP contribution is -2.41. The van der Waals surface area contributed by atoms with Crippen molar-refractivity contribution in [2.24, 2.45) is 5.92 Å². The lowest BCUT2D eigenvalue weighted by Gasteiger charge is -2.21. The van der Waals surface area contributed by atoms with Crippen LogP contribution in [0.3, 0.4) is 0 Å². The number of rotatable bonds is 6. The number of hydrazine groups is 1. The van der Waals surface area contributed by atoms with Crippen molar-refractivity contribution in [1.29, 1.82) is 0 Å². The summed E-state index contributed by atoms with van der Waals surface area (Å²) in [6.45, 7) is 0.781. The molecule has 1 amide bonds. The molecule has 3 N–H and O–H groups in total. The first-order chi connectivity index (χ1) is 11.7. The summed E-state index contributed by atoms with van der Waals surface area (Å²) in [5.41, 5.74) is 9.12. The Labute approximate surface area is 142 Å². The third kappa shape index (κ3) is 3.32. The highest BCUT2D eigenvalue weighted by molar-refractivity contribution is 5.84. The Kier molecular flexibility index (Phi) is 4.29. The molecular weight excluding hydrogens is 300 g/mol. The van der Waals surface area contributed by atoms with E-state index in [1.165, 1.54) is 23.8 Å². The summed E-state index contributed by atoms with van der Waals surface area (Å²) in [5.74, 6) is 1.07. The molecule has 0 radical (unpaired) electrons. The summed E-state index contributed by atoms with van der Waals surface area (Å²) in [4.78, 5) is 17.6. The number of aryl methyl sites for hydroxylation is 1. The maximum absolute atomic E-state index is 12.5. The van der Waals surface area contributed by atoms with Gasteiger partial charge in [-0.15, -0.1) is 0 Å². The Morgan fingerprint density at radius 3 is 2.92 bits per heavy atom. The fourth-order valence-electron chi connectivity index (χ4n) is 3.78. The third-order valence-corrected chi connectivity index (χ3v) is 5.41. The van der Waals surface area contributed by atoms with Crippen LogP contribution in [0.1, 0.15) is 31.2 Å². The Morgan fingerprint density at radius 2 is 2.08 bits per heavy atom. The molecular formula is C19H26N4O. The third-order valence-electron chi connectivity index (χ3n) is 5.41. The van der Waals surface area contributed by atoms with E-state index in [0.29, 0.717) is 18.5 Å². The van der Waals surface area contributed by atoms with E-state index in [-0.39, 0.29) is 5.91 Å². The number of carbonyl (C=O) groups excluding carboxylic acids is 1. The van der Waals surface area contributed by atoms with E-state index < -0.39 is 0 Å². The molecule has 4 rings (SSSR count). The number of likely N-dealkylation sites (N-methyl/N-ethyl adjacent to an activating group) is 1. The molecule has 2 aromatic rings. The van der Waals surface area contributed by atoms with Crippen LogP contribution in [-0.4, -0.2) is 41.5 Å². The van der Waals surface area contributed by atoms with E-state index in [1.54, 1.807) is 0 Å². The van der Waals surface area contributed by atoms with Gasteiger partial charge >= 0.3 is 0 Å². The van der Waals surface area contributed by atoms with Crippen LogP contribution in [0.2, 0.25) is 0 Å². The average molecular weight is 326 g/mol. The molecule has 5 heteroatoms. The van der Waals surface area contributed by atoms with Crippen LogP contribution in [0, 0.1) is 5.92 Å². The highest BCUT2D eigenvalue weighted by atomic mass is 16.2. The second-order valence-electron chi connectivity index (χ2n) is 7.30. The molecule has 1 aromatic heterocycles. The first-order valence-electron chi connectivity index (χ1n) is 9.00. The minimum atomic E-state index is 0.219. The Balaban J connectivity index is 1.28. The first kappa shape index (κ1) is 15.7. The van der Waals surface area contributed by atoms with Gasteiger partial charge in [0, 0.05) is 49.2 Å². The Hall–Kier alpha value is -1.85. The van der Waals surface area contributed by atoms with Crippen LogP contribution < -0.4 is 10.9 Å². The minimum Gasteiger partial charge on any atom is -0.361 e. The zero-order chi connectivity index (χ0) is 16.5. The molecule has 0 spiro atoms. The fourth-order valence-corrected chi connectivity index (χ4v) is 3.78. The number of nitrogens with zero attached hydrogens (tertiary/aromatic N) is 1. The Bertz CT molecular complexity index is 721. The number of aromatic nitrogens is 1. The predicted molar refractivity (Wildman–Crippen MR) is 95.4 cm³/mol. The average Bonchev–Trinajstić information content (AvgIpc) is 3.21. The summed E-state index contributed by atoms with van der Waals surface area (Å²) in [6.07, 6.45) is 7.21. The van der Waals surface area contributed by atoms with Crippen LogP contribution >= 0.6 is 0 Å². The van der Waals surface area contributed by atoms with E-state index in [9.17, 15) is 4.79 Å². The molecule has 1 aliphatic carbocycles. The number of hydrogen-bond donors (Lipinski definition) is 3. The van der Waals surface area contributed by atoms with Crippen molar-refractivity contribution in [3.05, 3.63) is 36.0 Å². The van der Waals surface area contributed by atoms with E-state index in [1.807, 2.05) is 30.3 Å². The lowest BCUT2D eigenvalue weighted by molar-refractivity contribution is -0.130. The number of H-pyrrole nitrogens is 1. The highest BCUT2D eigenvalue weighted by Gasteiger charge is 2.36. The maximum atomic E-state index is 12.5. The van der Waals surface area contributed by atoms with Gasteiger partial charge in [0.15, 0.2) is 0 Å². The topological polar surface area (TPSA) is 60.2 Å². The summed E-state index contributed by atoms with van der Waals surface area (Å²) >= 11 is 0. The molecule has 1 aromatic carbocycles. The van der Waals surface area contributed by atoms with Gasteiger partial charge < -0.3 is 9.88 Å². The van der Waals surface area contributed by atoms with Crippen molar-refractivity contribution in [2.75, 3.05) is 13.6 Å². The number of para-hydroxylation sites is 1. The molecule has 24 heavy (non-hydrogen) atoms. The quantitative estimate of drug-likeness (QED) is 0.763. The van der Waals surface area contributed by atoms with Gasteiger partial charge in [-0.2, -0.15) is 0 Å². The molecule has 2 heterocycles. The van der Waals surface area contributed by atoms with Gasteiger partial charge in [-0.3, -0.25) is 15.6 Å². The van der Waals surface area contributed by atoms with Gasteiger partial charge in [-0.05, 0) is 43.2 Å². The second kappa shape index (κ2) is 6.57. The second-order valence-corrected chi connectivity index (χ2v) is 7.30. The fraction of sp³-hybridized carbons (Fsp3) is 0.526. The number of aromatic amines is 1. The van der Waals surface area contributed by atoms with Crippen LogP contribution in [-0.2, 0) is 11.2 Å². The van der Waals surface area contributed by atoms with Gasteiger partial charge in [0.05, 0.1) is 0 Å². The van der Waals surface area contributed by atoms with Crippen molar-refractivity contribution < 1.29 is 4.79 Å². The molecule has 0 bridgehead atoms. The smallest absolute Gasteiger partial charge is 0.222 e. The largest absolute Gasteiger partial charge is 0.361 e. The van der Waals surface area contributed by atoms with Crippen LogP contribution in [0.4, 0.5) is 0 Å². The zero-order valence-electron chi connectivity index (χ0n) is 14.2. The minimum absolute atomic E-state index is 0.219. The summed E-state index contributed by atoms with van der Waals surface area (Å²) in [5, 5.41) is 1.22. The van der Waals surface area contributed by atoms with Gasteiger partial charge in [0.25, 0.3) is 0 Å². The molecule has 1 saturated carbocycles. The van der Waals surface area contributed by atoms with E-state index in [4.69, 9.17) is 0 Å². The van der Waals surface area contributed by atoms with E-state index in [2.05, 4.69) is 28.0 Å². The van der Waals surface area contributed by atoms with Gasteiger partial charge in [0.1, 0.15) is 0 Å². The highest BCUT2D eigenvalue weighted by Crippen LogP contribution is 2.35. The molecule has 2 unspecified atom stereocenters. The van der Waals surface area contributed by atoms with Crippen LogP contribution in [0.5, 0.6) is 0 Å². The molecule has 1 saturated heterocycles. The number of nitrogens with one attached hydrogen (secondary N) is 3. The molecule has 2 fully saturated rings. The maximum Gasteiger partial charge on any atom is 0.222 e. The normalized spacial score (nSPS) is 23.7. The van der Waals surface area contributed by atoms with Gasteiger partial charge in [-0.1, -0.05) is 18.2 Å². The summed E-state index contributed by atoms with van der Waals surface area (Å²) < 4.78 is 0. The number of hydrogen-bond acceptors (Lipinski definition) is 3. The van der Waals surface area contributed by atoms with Crippen molar-refractivity contribution in [3.63, 3.8) is 0 Å².